The Bertz CT molecular complexity index is 671. The Kier molecular flexibility index (Phi) is 21.0. The van der Waals surface area contributed by atoms with Crippen molar-refractivity contribution in [3.8, 4) is 0 Å². The van der Waals surface area contributed by atoms with Gasteiger partial charge >= 0.3 is 20.0 Å². The monoisotopic (exact) mass is 553 g/mol. The van der Waals surface area contributed by atoms with E-state index in [-0.39, 0.29) is 12.4 Å². The molecular weight excluding hydrogens is 499 g/mol. The first-order valence-electron chi connectivity index (χ1n) is 14.4. The molecule has 0 aliphatic heterocycles. The zero-order valence-electron chi connectivity index (χ0n) is 23.4. The number of carboxylic acids is 1. The Morgan fingerprint density at radius 2 is 1.28 bits per heavy atom. The third kappa shape index (κ3) is 15.0. The van der Waals surface area contributed by atoms with E-state index in [1.165, 1.54) is 38.5 Å². The molecule has 0 spiro atoms. The van der Waals surface area contributed by atoms with E-state index in [0.29, 0.717) is 19.3 Å². The molecule has 0 amide bonds. The molecule has 0 aliphatic rings. The van der Waals surface area contributed by atoms with Gasteiger partial charge in [0.05, 0.1) is 23.7 Å². The molecule has 0 aromatic rings. The molecule has 0 heterocycles. The molecule has 0 aromatic carbocycles. The van der Waals surface area contributed by atoms with Gasteiger partial charge in [0.2, 0.25) is 0 Å². The van der Waals surface area contributed by atoms with Crippen molar-refractivity contribution in [3.63, 3.8) is 0 Å². The number of carbonyl (C=O) groups is 1. The lowest BCUT2D eigenvalue weighted by Crippen LogP contribution is -2.46. The third-order valence-electron chi connectivity index (χ3n) is 6.64. The highest BCUT2D eigenvalue weighted by atomic mass is 32.2. The van der Waals surface area contributed by atoms with E-state index in [4.69, 9.17) is 9.47 Å². The fourth-order valence-electron chi connectivity index (χ4n) is 4.42. The number of sulfone groups is 1. The van der Waals surface area contributed by atoms with Crippen molar-refractivity contribution < 1.29 is 32.4 Å². The lowest BCUT2D eigenvalue weighted by Gasteiger charge is -2.28. The molecule has 0 fully saturated rings. The Morgan fingerprint density at radius 3 is 1.72 bits per heavy atom. The van der Waals surface area contributed by atoms with Crippen LogP contribution in [0.3, 0.4) is 0 Å². The summed E-state index contributed by atoms with van der Waals surface area (Å²) >= 11 is 0. The van der Waals surface area contributed by atoms with E-state index >= 15 is 0 Å². The summed E-state index contributed by atoms with van der Waals surface area (Å²) in [5.41, 5.74) is -2.33. The van der Waals surface area contributed by atoms with E-state index in [1.54, 1.807) is 13.8 Å². The Hall–Kier alpha value is -0.560. The van der Waals surface area contributed by atoms with Gasteiger partial charge in [-0.3, -0.25) is 4.74 Å². The van der Waals surface area contributed by atoms with Crippen LogP contribution in [0.1, 0.15) is 137 Å². The largest absolute Gasteiger partial charge is 0.474 e. The van der Waals surface area contributed by atoms with Crippen molar-refractivity contribution in [1.29, 1.82) is 0 Å². The summed E-state index contributed by atoms with van der Waals surface area (Å²) in [6.45, 7) is 7.77. The SMILES string of the molecule is CCCCCCCCCCCCS(=O)(=O)C(CCCCCCC)C(C)OC(OCCC)([PH+]=O)C(=O)O. The molecular formula is C27H54O7PS+. The number of ether oxygens (including phenoxy) is 2. The average Bonchev–Trinajstić information content (AvgIpc) is 2.84. The Labute approximate surface area is 222 Å². The predicted molar refractivity (Wildman–Crippen MR) is 149 cm³/mol. The number of hydrogen-bond acceptors (Lipinski definition) is 6. The minimum Gasteiger partial charge on any atom is -0.474 e. The maximum absolute atomic E-state index is 13.3. The van der Waals surface area contributed by atoms with Crippen LogP contribution >= 0.6 is 8.46 Å². The molecule has 214 valence electrons. The molecule has 4 unspecified atom stereocenters. The van der Waals surface area contributed by atoms with Gasteiger partial charge in [0.25, 0.3) is 0 Å². The summed E-state index contributed by atoms with van der Waals surface area (Å²) in [7, 11) is -4.93. The van der Waals surface area contributed by atoms with Crippen LogP contribution in [-0.4, -0.2) is 48.7 Å². The first-order valence-corrected chi connectivity index (χ1v) is 17.0. The van der Waals surface area contributed by atoms with Crippen molar-refractivity contribution in [2.75, 3.05) is 12.4 Å². The summed E-state index contributed by atoms with van der Waals surface area (Å²) in [4.78, 5) is 11.9. The van der Waals surface area contributed by atoms with Gasteiger partial charge in [0, 0.05) is 0 Å². The molecule has 0 aliphatic carbocycles. The van der Waals surface area contributed by atoms with Gasteiger partial charge in [-0.05, 0) is 26.2 Å². The van der Waals surface area contributed by atoms with Crippen LogP contribution in [0, 0.1) is 0 Å². The van der Waals surface area contributed by atoms with Crippen molar-refractivity contribution in [1.82, 2.24) is 0 Å². The molecule has 1 N–H and O–H groups in total. The zero-order chi connectivity index (χ0) is 27.3. The second-order valence-corrected chi connectivity index (χ2v) is 13.2. The first-order chi connectivity index (χ1) is 17.2. The molecule has 7 nitrogen and oxygen atoms in total. The summed E-state index contributed by atoms with van der Waals surface area (Å²) in [5.74, 6) is -1.43. The highest BCUT2D eigenvalue weighted by Crippen LogP contribution is 2.32. The van der Waals surface area contributed by atoms with Crippen molar-refractivity contribution >= 4 is 24.3 Å². The fourth-order valence-corrected chi connectivity index (χ4v) is 6.98. The fraction of sp³-hybridized carbons (Fsp3) is 0.963. The van der Waals surface area contributed by atoms with Crippen LogP contribution < -0.4 is 0 Å². The molecule has 0 aromatic heterocycles. The zero-order valence-corrected chi connectivity index (χ0v) is 25.2. The summed E-state index contributed by atoms with van der Waals surface area (Å²) in [5, 5.41) is 8.82. The minimum atomic E-state index is -3.52. The van der Waals surface area contributed by atoms with Crippen LogP contribution in [0.2, 0.25) is 0 Å². The molecule has 9 heteroatoms. The van der Waals surface area contributed by atoms with Crippen molar-refractivity contribution in [2.45, 2.75) is 154 Å². The molecule has 0 bridgehead atoms. The summed E-state index contributed by atoms with van der Waals surface area (Å²) in [6.07, 6.45) is 16.1. The molecule has 0 saturated heterocycles. The molecule has 36 heavy (non-hydrogen) atoms. The smallest absolute Gasteiger partial charge is 0.472 e. The molecule has 0 saturated carbocycles. The molecule has 4 atom stereocenters. The van der Waals surface area contributed by atoms with Crippen LogP contribution in [-0.2, 0) is 28.7 Å². The Morgan fingerprint density at radius 1 is 0.806 bits per heavy atom. The van der Waals surface area contributed by atoms with E-state index < -0.39 is 41.1 Å². The normalized spacial score (nSPS) is 15.6. The summed E-state index contributed by atoms with van der Waals surface area (Å²) < 4.78 is 49.5. The van der Waals surface area contributed by atoms with Gasteiger partial charge in [0.15, 0.2) is 9.84 Å². The van der Waals surface area contributed by atoms with E-state index in [0.717, 1.165) is 51.4 Å². The number of hydrogen-bond donors (Lipinski definition) is 1. The molecule has 0 radical (unpaired) electrons. The average molecular weight is 554 g/mol. The van der Waals surface area contributed by atoms with E-state index in [9.17, 15) is 22.9 Å². The third-order valence-corrected chi connectivity index (χ3v) is 9.78. The predicted octanol–water partition coefficient (Wildman–Crippen LogP) is 7.65. The summed E-state index contributed by atoms with van der Waals surface area (Å²) in [6, 6.07) is 0. The lowest BCUT2D eigenvalue weighted by atomic mass is 10.1. The Balaban J connectivity index is 5.04. The van der Waals surface area contributed by atoms with E-state index in [1.807, 2.05) is 0 Å². The van der Waals surface area contributed by atoms with Crippen LogP contribution in [0.5, 0.6) is 0 Å². The second-order valence-electron chi connectivity index (χ2n) is 9.99. The molecule has 0 rings (SSSR count). The maximum atomic E-state index is 13.3. The van der Waals surface area contributed by atoms with Crippen LogP contribution in [0.15, 0.2) is 0 Å². The maximum Gasteiger partial charge on any atom is 0.472 e. The standard InChI is InChI=1S/C27H53O7PS/c1-5-8-10-12-13-14-15-16-18-20-23-36(31,32)25(21-19-17-11-9-6-2)24(4)34-27(35-30,26(28)29)33-22-7-3/h24-25H,5-23H2,1-4H3,(H,28,29)/p+1. The van der Waals surface area contributed by atoms with Gasteiger partial charge in [-0.1, -0.05) is 115 Å². The first kappa shape index (κ1) is 35.4. The highest BCUT2D eigenvalue weighted by Gasteiger charge is 2.54. The number of aliphatic carboxylic acids is 1. The van der Waals surface area contributed by atoms with Gasteiger partial charge in [-0.25, -0.2) is 13.2 Å². The van der Waals surface area contributed by atoms with Gasteiger partial charge in [-0.15, -0.1) is 0 Å². The number of carboxylic acid groups (broad SMARTS) is 1. The highest BCUT2D eigenvalue weighted by molar-refractivity contribution is 7.92. The van der Waals surface area contributed by atoms with Gasteiger partial charge < -0.3 is 9.84 Å². The number of unbranched alkanes of at least 4 members (excludes halogenated alkanes) is 13. The van der Waals surface area contributed by atoms with Gasteiger partial charge in [-0.2, -0.15) is 0 Å². The van der Waals surface area contributed by atoms with Crippen molar-refractivity contribution in [2.24, 2.45) is 0 Å². The lowest BCUT2D eigenvalue weighted by molar-refractivity contribution is -0.217. The quantitative estimate of drug-likeness (QED) is 0.0666. The van der Waals surface area contributed by atoms with Crippen LogP contribution in [0.4, 0.5) is 0 Å². The van der Waals surface area contributed by atoms with Crippen LogP contribution in [0.25, 0.3) is 0 Å². The van der Waals surface area contributed by atoms with Crippen molar-refractivity contribution in [3.05, 3.63) is 0 Å². The number of rotatable bonds is 26. The van der Waals surface area contributed by atoms with E-state index in [2.05, 4.69) is 13.8 Å². The minimum absolute atomic E-state index is 0.0568. The van der Waals surface area contributed by atoms with Gasteiger partial charge in [0.1, 0.15) is 0 Å². The second kappa shape index (κ2) is 21.4. The topological polar surface area (TPSA) is 107 Å².